The Kier molecular flexibility index (Phi) is 16.3. The molecule has 29 heavy (non-hydrogen) atoms. The summed E-state index contributed by atoms with van der Waals surface area (Å²) >= 11 is 0. The van der Waals surface area contributed by atoms with Crippen LogP contribution in [0.2, 0.25) is 0 Å². The summed E-state index contributed by atoms with van der Waals surface area (Å²) in [5, 5.41) is 25.6. The number of halogens is 4. The van der Waals surface area contributed by atoms with Gasteiger partial charge in [-0.15, -0.1) is 0 Å². The number of hydrogen-bond acceptors (Lipinski definition) is 3. The molecule has 0 fully saturated rings. The molecular weight excluding hydrogens is 388 g/mol. The van der Waals surface area contributed by atoms with E-state index in [2.05, 4.69) is 0 Å². The van der Waals surface area contributed by atoms with E-state index < -0.39 is 29.0 Å². The molecule has 3 N–H and O–H groups in total. The van der Waals surface area contributed by atoms with Crippen LogP contribution in [0, 0.1) is 23.3 Å². The zero-order valence-corrected chi connectivity index (χ0v) is 16.7. The highest BCUT2D eigenvalue weighted by atomic mass is 19.2. The van der Waals surface area contributed by atoms with Crippen molar-refractivity contribution in [1.29, 1.82) is 0 Å². The van der Waals surface area contributed by atoms with Gasteiger partial charge in [0.05, 0.1) is 0 Å². The first kappa shape index (κ1) is 28.0. The highest BCUT2D eigenvalue weighted by Gasteiger charge is 2.03. The molecule has 3 rings (SSSR count). The lowest BCUT2D eigenvalue weighted by Crippen LogP contribution is -1.81. The zero-order valence-electron chi connectivity index (χ0n) is 16.7. The van der Waals surface area contributed by atoms with Crippen molar-refractivity contribution in [1.82, 2.24) is 0 Å². The van der Waals surface area contributed by atoms with Crippen molar-refractivity contribution in [2.45, 2.75) is 27.7 Å². The largest absolute Gasteiger partial charge is 0.508 e. The summed E-state index contributed by atoms with van der Waals surface area (Å²) in [6.07, 6.45) is 0. The van der Waals surface area contributed by atoms with Crippen LogP contribution in [0.4, 0.5) is 17.6 Å². The molecule has 0 bridgehead atoms. The topological polar surface area (TPSA) is 60.7 Å². The second-order valence-electron chi connectivity index (χ2n) is 4.50. The number of phenolic OH excluding ortho intramolecular Hbond substituents is 3. The van der Waals surface area contributed by atoms with Crippen molar-refractivity contribution in [3.05, 3.63) is 90.0 Å². The molecule has 0 aromatic heterocycles. The van der Waals surface area contributed by atoms with Crippen molar-refractivity contribution in [3.8, 4) is 17.2 Å². The van der Waals surface area contributed by atoms with E-state index in [1.54, 1.807) is 6.07 Å². The van der Waals surface area contributed by atoms with Crippen LogP contribution < -0.4 is 0 Å². The van der Waals surface area contributed by atoms with Crippen LogP contribution in [0.5, 0.6) is 17.2 Å². The second-order valence-corrected chi connectivity index (χ2v) is 4.50. The summed E-state index contributed by atoms with van der Waals surface area (Å²) < 4.78 is 48.2. The summed E-state index contributed by atoms with van der Waals surface area (Å²) in [5.74, 6) is -4.21. The predicted molar refractivity (Wildman–Crippen MR) is 107 cm³/mol. The normalized spacial score (nSPS) is 8.41. The van der Waals surface area contributed by atoms with Gasteiger partial charge in [0.1, 0.15) is 11.6 Å². The van der Waals surface area contributed by atoms with Gasteiger partial charge in [-0.1, -0.05) is 52.0 Å². The molecule has 0 amide bonds. The summed E-state index contributed by atoms with van der Waals surface area (Å²) in [5.41, 5.74) is 0. The SMILES string of the molecule is CC.CC.Oc1cccc(F)c1.Oc1cccc(F)c1F.Oc1ccccc1F. The van der Waals surface area contributed by atoms with Crippen molar-refractivity contribution < 1.29 is 32.9 Å². The maximum absolute atomic E-state index is 12.1. The maximum Gasteiger partial charge on any atom is 0.200 e. The Balaban J connectivity index is 0. The molecule has 0 radical (unpaired) electrons. The smallest absolute Gasteiger partial charge is 0.200 e. The molecule has 0 unspecified atom stereocenters. The molecule has 0 atom stereocenters. The van der Waals surface area contributed by atoms with Gasteiger partial charge in [0.25, 0.3) is 0 Å². The van der Waals surface area contributed by atoms with Crippen molar-refractivity contribution in [2.24, 2.45) is 0 Å². The third-order valence-corrected chi connectivity index (χ3v) is 2.59. The molecule has 0 aliphatic carbocycles. The molecule has 3 aromatic rings. The minimum atomic E-state index is -1.20. The number of phenols is 3. The monoisotopic (exact) mass is 414 g/mol. The average Bonchev–Trinajstić information content (AvgIpc) is 2.72. The first-order valence-corrected chi connectivity index (χ1v) is 8.82. The molecule has 0 heterocycles. The third kappa shape index (κ3) is 12.7. The van der Waals surface area contributed by atoms with Gasteiger partial charge < -0.3 is 15.3 Å². The van der Waals surface area contributed by atoms with E-state index in [-0.39, 0.29) is 11.5 Å². The standard InChI is InChI=1S/C6H4F2O.2C6H5FO.2C2H6/c7-4-2-1-3-5(9)6(4)8;7-5-2-1-3-6(8)4-5;7-5-3-1-2-4-6(5)8;2*1-2/h1-3,9H;2*1-4,8H;2*1-2H3. The van der Waals surface area contributed by atoms with Crippen molar-refractivity contribution >= 4 is 0 Å². The Morgan fingerprint density at radius 1 is 0.552 bits per heavy atom. The van der Waals surface area contributed by atoms with Crippen LogP contribution in [-0.2, 0) is 0 Å². The first-order valence-electron chi connectivity index (χ1n) is 8.82. The molecule has 3 aromatic carbocycles. The van der Waals surface area contributed by atoms with Crippen LogP contribution in [0.25, 0.3) is 0 Å². The molecule has 160 valence electrons. The van der Waals surface area contributed by atoms with Gasteiger partial charge in [-0.2, -0.15) is 4.39 Å². The minimum absolute atomic E-state index is 0.0370. The van der Waals surface area contributed by atoms with E-state index in [4.69, 9.17) is 15.3 Å². The molecule has 0 saturated carbocycles. The third-order valence-electron chi connectivity index (χ3n) is 2.59. The highest BCUT2D eigenvalue weighted by Crippen LogP contribution is 2.16. The lowest BCUT2D eigenvalue weighted by Gasteiger charge is -1.92. The zero-order chi connectivity index (χ0) is 22.8. The van der Waals surface area contributed by atoms with Crippen LogP contribution in [-0.4, -0.2) is 15.3 Å². The average molecular weight is 414 g/mol. The Labute approximate surface area is 168 Å². The quantitative estimate of drug-likeness (QED) is 0.355. The van der Waals surface area contributed by atoms with Gasteiger partial charge in [0, 0.05) is 6.07 Å². The molecule has 0 saturated heterocycles. The van der Waals surface area contributed by atoms with Gasteiger partial charge in [-0.25, -0.2) is 13.2 Å². The van der Waals surface area contributed by atoms with E-state index in [1.807, 2.05) is 27.7 Å². The van der Waals surface area contributed by atoms with Gasteiger partial charge in [0.15, 0.2) is 29.0 Å². The van der Waals surface area contributed by atoms with E-state index in [0.29, 0.717) is 0 Å². The fourth-order valence-corrected chi connectivity index (χ4v) is 1.42. The Morgan fingerprint density at radius 2 is 1.03 bits per heavy atom. The van der Waals surface area contributed by atoms with Gasteiger partial charge in [0.2, 0.25) is 0 Å². The first-order chi connectivity index (χ1) is 13.8. The number of hydrogen-bond donors (Lipinski definition) is 3. The van der Waals surface area contributed by atoms with E-state index in [0.717, 1.165) is 18.2 Å². The lowest BCUT2D eigenvalue weighted by molar-refractivity contribution is 0.407. The summed E-state index contributed by atoms with van der Waals surface area (Å²) in [7, 11) is 0. The van der Waals surface area contributed by atoms with Gasteiger partial charge >= 0.3 is 0 Å². The molecule has 3 nitrogen and oxygen atoms in total. The van der Waals surface area contributed by atoms with E-state index >= 15 is 0 Å². The van der Waals surface area contributed by atoms with E-state index in [1.165, 1.54) is 42.5 Å². The Morgan fingerprint density at radius 3 is 1.38 bits per heavy atom. The summed E-state index contributed by atoms with van der Waals surface area (Å²) in [6.45, 7) is 8.00. The van der Waals surface area contributed by atoms with Gasteiger partial charge in [-0.05, 0) is 36.4 Å². The fraction of sp³-hybridized carbons (Fsp3) is 0.182. The van der Waals surface area contributed by atoms with Crippen molar-refractivity contribution in [2.75, 3.05) is 0 Å². The number of para-hydroxylation sites is 1. The minimum Gasteiger partial charge on any atom is -0.508 e. The van der Waals surface area contributed by atoms with Crippen LogP contribution in [0.1, 0.15) is 27.7 Å². The summed E-state index contributed by atoms with van der Waals surface area (Å²) in [6, 6.07) is 14.0. The Bertz CT molecular complexity index is 753. The van der Waals surface area contributed by atoms with Crippen LogP contribution in [0.15, 0.2) is 66.7 Å². The van der Waals surface area contributed by atoms with Crippen LogP contribution in [0.3, 0.4) is 0 Å². The fourth-order valence-electron chi connectivity index (χ4n) is 1.42. The molecule has 0 aliphatic heterocycles. The molecule has 0 aliphatic rings. The van der Waals surface area contributed by atoms with Gasteiger partial charge in [-0.3, -0.25) is 0 Å². The molecule has 7 heteroatoms. The number of benzene rings is 3. The van der Waals surface area contributed by atoms with E-state index in [9.17, 15) is 17.6 Å². The van der Waals surface area contributed by atoms with Crippen molar-refractivity contribution in [3.63, 3.8) is 0 Å². The molecule has 0 spiro atoms. The Hall–Kier alpha value is -3.22. The number of aromatic hydroxyl groups is 3. The highest BCUT2D eigenvalue weighted by molar-refractivity contribution is 5.23. The molecular formula is C22H26F4O3. The second kappa shape index (κ2) is 16.9. The number of rotatable bonds is 0. The maximum atomic E-state index is 12.1. The summed E-state index contributed by atoms with van der Waals surface area (Å²) in [4.78, 5) is 0. The predicted octanol–water partition coefficient (Wildman–Crippen LogP) is 6.79. The lowest BCUT2D eigenvalue weighted by atomic mass is 10.3. The van der Waals surface area contributed by atoms with Crippen LogP contribution >= 0.6 is 0 Å².